The van der Waals surface area contributed by atoms with Crippen molar-refractivity contribution in [2.24, 2.45) is 0 Å². The smallest absolute Gasteiger partial charge is 0.337 e. The quantitative estimate of drug-likeness (QED) is 0.812. The summed E-state index contributed by atoms with van der Waals surface area (Å²) in [6.07, 6.45) is 0. The van der Waals surface area contributed by atoms with Crippen LogP contribution in [0, 0.1) is 0 Å². The number of hydrogen-bond acceptors (Lipinski definition) is 4. The Morgan fingerprint density at radius 1 is 1.17 bits per heavy atom. The highest BCUT2D eigenvalue weighted by Crippen LogP contribution is 2.27. The standard InChI is InChI=1S/C18H18ClNO4/c1-10(2)11-5-7-16(21)13(8-11)17(22)20-15-6-4-12(9-14(15)19)18(23)24-3/h4-10,21H,1-3H3,(H,20,22). The fourth-order valence-corrected chi connectivity index (χ4v) is 2.37. The summed E-state index contributed by atoms with van der Waals surface area (Å²) in [4.78, 5) is 23.9. The number of esters is 1. The van der Waals surface area contributed by atoms with Crippen LogP contribution < -0.4 is 5.32 Å². The second-order valence-corrected chi connectivity index (χ2v) is 5.98. The largest absolute Gasteiger partial charge is 0.507 e. The first kappa shape index (κ1) is 17.8. The van der Waals surface area contributed by atoms with Crippen molar-refractivity contribution in [3.63, 3.8) is 0 Å². The van der Waals surface area contributed by atoms with Gasteiger partial charge in [-0.15, -0.1) is 0 Å². The normalized spacial score (nSPS) is 10.5. The first-order valence-electron chi connectivity index (χ1n) is 7.35. The van der Waals surface area contributed by atoms with Crippen molar-refractivity contribution in [1.82, 2.24) is 0 Å². The first-order chi connectivity index (χ1) is 11.3. The number of anilines is 1. The predicted octanol–water partition coefficient (Wildman–Crippen LogP) is 4.21. The highest BCUT2D eigenvalue weighted by atomic mass is 35.5. The molecule has 0 heterocycles. The van der Waals surface area contributed by atoms with Crippen LogP contribution in [0.2, 0.25) is 5.02 Å². The number of phenolic OH excluding ortho intramolecular Hbond substituents is 1. The van der Waals surface area contributed by atoms with Crippen LogP contribution >= 0.6 is 11.6 Å². The molecule has 5 nitrogen and oxygen atoms in total. The second kappa shape index (κ2) is 7.36. The molecule has 6 heteroatoms. The maximum atomic E-state index is 12.4. The van der Waals surface area contributed by atoms with Gasteiger partial charge in [0.1, 0.15) is 5.75 Å². The molecule has 0 aromatic heterocycles. The molecule has 2 aromatic rings. The number of halogens is 1. The van der Waals surface area contributed by atoms with E-state index in [9.17, 15) is 14.7 Å². The van der Waals surface area contributed by atoms with Gasteiger partial charge >= 0.3 is 5.97 Å². The summed E-state index contributed by atoms with van der Waals surface area (Å²) in [5, 5.41) is 12.8. The highest BCUT2D eigenvalue weighted by molar-refractivity contribution is 6.34. The molecule has 2 rings (SSSR count). The number of benzene rings is 2. The molecular formula is C18H18ClNO4. The van der Waals surface area contributed by atoms with Gasteiger partial charge in [0, 0.05) is 0 Å². The van der Waals surface area contributed by atoms with E-state index in [2.05, 4.69) is 10.1 Å². The third-order valence-corrected chi connectivity index (χ3v) is 3.88. The number of aromatic hydroxyl groups is 1. The first-order valence-corrected chi connectivity index (χ1v) is 7.73. The molecule has 0 aliphatic rings. The van der Waals surface area contributed by atoms with E-state index in [1.165, 1.54) is 31.4 Å². The molecule has 0 atom stereocenters. The van der Waals surface area contributed by atoms with Crippen molar-refractivity contribution >= 4 is 29.2 Å². The van der Waals surface area contributed by atoms with Crippen molar-refractivity contribution in [1.29, 1.82) is 0 Å². The number of phenols is 1. The summed E-state index contributed by atoms with van der Waals surface area (Å²) in [7, 11) is 1.27. The van der Waals surface area contributed by atoms with Gasteiger partial charge in [0.05, 0.1) is 28.9 Å². The zero-order valence-electron chi connectivity index (χ0n) is 13.6. The maximum Gasteiger partial charge on any atom is 0.337 e. The van der Waals surface area contributed by atoms with Crippen LogP contribution in [0.1, 0.15) is 46.0 Å². The SMILES string of the molecule is COC(=O)c1ccc(NC(=O)c2cc(C(C)C)ccc2O)c(Cl)c1. The van der Waals surface area contributed by atoms with Crippen LogP contribution in [0.3, 0.4) is 0 Å². The van der Waals surface area contributed by atoms with Crippen molar-refractivity contribution in [3.05, 3.63) is 58.1 Å². The van der Waals surface area contributed by atoms with Crippen molar-refractivity contribution < 1.29 is 19.4 Å². The van der Waals surface area contributed by atoms with Crippen molar-refractivity contribution in [2.75, 3.05) is 12.4 Å². The Balaban J connectivity index is 2.27. The lowest BCUT2D eigenvalue weighted by Crippen LogP contribution is -2.13. The minimum absolute atomic E-state index is 0.112. The number of nitrogens with one attached hydrogen (secondary N) is 1. The Kier molecular flexibility index (Phi) is 5.46. The fourth-order valence-electron chi connectivity index (χ4n) is 2.15. The van der Waals surface area contributed by atoms with E-state index in [1.54, 1.807) is 12.1 Å². The van der Waals surface area contributed by atoms with Gasteiger partial charge < -0.3 is 15.2 Å². The lowest BCUT2D eigenvalue weighted by molar-refractivity contribution is 0.0600. The summed E-state index contributed by atoms with van der Waals surface area (Å²) in [6.45, 7) is 3.99. The molecule has 0 bridgehead atoms. The average molecular weight is 348 g/mol. The number of hydrogen-bond donors (Lipinski definition) is 2. The zero-order chi connectivity index (χ0) is 17.9. The summed E-state index contributed by atoms with van der Waals surface area (Å²) in [6, 6.07) is 9.33. The number of carbonyl (C=O) groups is 2. The predicted molar refractivity (Wildman–Crippen MR) is 92.9 cm³/mol. The van der Waals surface area contributed by atoms with Crippen LogP contribution in [0.15, 0.2) is 36.4 Å². The van der Waals surface area contributed by atoms with E-state index >= 15 is 0 Å². The van der Waals surface area contributed by atoms with Gasteiger partial charge in [0.15, 0.2) is 0 Å². The summed E-state index contributed by atoms with van der Waals surface area (Å²) < 4.78 is 4.61. The topological polar surface area (TPSA) is 75.6 Å². The van der Waals surface area contributed by atoms with E-state index in [0.717, 1.165) is 5.56 Å². The highest BCUT2D eigenvalue weighted by Gasteiger charge is 2.16. The molecule has 0 spiro atoms. The van der Waals surface area contributed by atoms with Gasteiger partial charge in [0.2, 0.25) is 0 Å². The number of carbonyl (C=O) groups excluding carboxylic acids is 2. The molecule has 2 aromatic carbocycles. The van der Waals surface area contributed by atoms with E-state index in [4.69, 9.17) is 11.6 Å². The molecule has 24 heavy (non-hydrogen) atoms. The molecule has 0 radical (unpaired) electrons. The van der Waals surface area contributed by atoms with Gasteiger partial charge in [-0.05, 0) is 41.8 Å². The summed E-state index contributed by atoms with van der Waals surface area (Å²) in [5.41, 5.74) is 1.72. The summed E-state index contributed by atoms with van der Waals surface area (Å²) in [5.74, 6) is -0.890. The van der Waals surface area contributed by atoms with E-state index < -0.39 is 11.9 Å². The molecule has 0 aliphatic heterocycles. The average Bonchev–Trinajstić information content (AvgIpc) is 2.55. The lowest BCUT2D eigenvalue weighted by atomic mass is 10.00. The minimum Gasteiger partial charge on any atom is -0.507 e. The zero-order valence-corrected chi connectivity index (χ0v) is 14.3. The number of ether oxygens (including phenoxy) is 1. The monoisotopic (exact) mass is 347 g/mol. The lowest BCUT2D eigenvalue weighted by Gasteiger charge is -2.12. The molecule has 0 saturated carbocycles. The Morgan fingerprint density at radius 3 is 2.46 bits per heavy atom. The Morgan fingerprint density at radius 2 is 1.88 bits per heavy atom. The van der Waals surface area contributed by atoms with Crippen LogP contribution in [-0.2, 0) is 4.74 Å². The van der Waals surface area contributed by atoms with E-state index in [0.29, 0.717) is 5.69 Å². The fraction of sp³-hybridized carbons (Fsp3) is 0.222. The van der Waals surface area contributed by atoms with Gasteiger partial charge in [-0.2, -0.15) is 0 Å². The molecule has 0 saturated heterocycles. The van der Waals surface area contributed by atoms with Gasteiger partial charge in [0.25, 0.3) is 5.91 Å². The van der Waals surface area contributed by atoms with Crippen molar-refractivity contribution in [2.45, 2.75) is 19.8 Å². The molecule has 126 valence electrons. The van der Waals surface area contributed by atoms with Crippen LogP contribution in [0.5, 0.6) is 5.75 Å². The maximum absolute atomic E-state index is 12.4. The van der Waals surface area contributed by atoms with Gasteiger partial charge in [-0.25, -0.2) is 4.79 Å². The molecular weight excluding hydrogens is 330 g/mol. The summed E-state index contributed by atoms with van der Waals surface area (Å²) >= 11 is 6.10. The molecule has 1 amide bonds. The second-order valence-electron chi connectivity index (χ2n) is 5.57. The van der Waals surface area contributed by atoms with Crippen molar-refractivity contribution in [3.8, 4) is 5.75 Å². The Labute approximate surface area is 145 Å². The molecule has 2 N–H and O–H groups in total. The molecule has 0 aliphatic carbocycles. The molecule has 0 unspecified atom stereocenters. The Hall–Kier alpha value is -2.53. The third kappa shape index (κ3) is 3.86. The number of amides is 1. The third-order valence-electron chi connectivity index (χ3n) is 3.57. The minimum atomic E-state index is -0.517. The number of rotatable bonds is 4. The van der Waals surface area contributed by atoms with Gasteiger partial charge in [-0.3, -0.25) is 4.79 Å². The molecule has 0 fully saturated rings. The van der Waals surface area contributed by atoms with E-state index in [1.807, 2.05) is 13.8 Å². The van der Waals surface area contributed by atoms with Crippen LogP contribution in [0.25, 0.3) is 0 Å². The van der Waals surface area contributed by atoms with Crippen LogP contribution in [-0.4, -0.2) is 24.1 Å². The van der Waals surface area contributed by atoms with Gasteiger partial charge in [-0.1, -0.05) is 31.5 Å². The van der Waals surface area contributed by atoms with Crippen LogP contribution in [0.4, 0.5) is 5.69 Å². The van der Waals surface area contributed by atoms with E-state index in [-0.39, 0.29) is 27.8 Å². The Bertz CT molecular complexity index is 787. The number of methoxy groups -OCH3 is 1.